The van der Waals surface area contributed by atoms with E-state index in [-0.39, 0.29) is 29.5 Å². The first-order chi connectivity index (χ1) is 21.1. The smallest absolute Gasteiger partial charge is 0.273 e. The monoisotopic (exact) mass is 606 g/mol. The minimum absolute atomic E-state index is 0.0767. The van der Waals surface area contributed by atoms with Gasteiger partial charge in [0.2, 0.25) is 23.7 Å². The van der Waals surface area contributed by atoms with E-state index in [1.807, 2.05) is 44.2 Å². The summed E-state index contributed by atoms with van der Waals surface area (Å²) in [6.07, 6.45) is 4.20. The molecule has 234 valence electrons. The second-order valence-electron chi connectivity index (χ2n) is 11.1. The van der Waals surface area contributed by atoms with Crippen LogP contribution in [0.5, 0.6) is 0 Å². The van der Waals surface area contributed by atoms with Gasteiger partial charge in [-0.05, 0) is 50.7 Å². The van der Waals surface area contributed by atoms with Gasteiger partial charge in [0.25, 0.3) is 11.8 Å². The van der Waals surface area contributed by atoms with Gasteiger partial charge in [-0.3, -0.25) is 19.2 Å². The van der Waals surface area contributed by atoms with Gasteiger partial charge in [0.15, 0.2) is 5.69 Å². The molecule has 0 unspecified atom stereocenters. The number of hydrogen-bond donors (Lipinski definition) is 6. The Morgan fingerprint density at radius 3 is 2.45 bits per heavy atom. The van der Waals surface area contributed by atoms with E-state index in [4.69, 9.17) is 4.42 Å². The van der Waals surface area contributed by atoms with Crippen molar-refractivity contribution in [2.24, 2.45) is 5.92 Å². The van der Waals surface area contributed by atoms with Crippen molar-refractivity contribution >= 4 is 35.3 Å². The van der Waals surface area contributed by atoms with Gasteiger partial charge >= 0.3 is 0 Å². The number of amides is 4. The number of carbonyl (C=O) groups excluding carboxylic acids is 4. The van der Waals surface area contributed by atoms with Crippen LogP contribution in [0, 0.1) is 5.92 Å². The zero-order valence-corrected chi connectivity index (χ0v) is 24.9. The number of oxazole rings is 1. The number of carbonyl (C=O) groups is 4. The van der Waals surface area contributed by atoms with Gasteiger partial charge in [-0.15, -0.1) is 0 Å². The highest BCUT2D eigenvalue weighted by molar-refractivity contribution is 5.98. The van der Waals surface area contributed by atoms with E-state index in [0.29, 0.717) is 31.8 Å². The Bertz CT molecular complexity index is 1430. The Morgan fingerprint density at radius 1 is 1.05 bits per heavy atom. The van der Waals surface area contributed by atoms with E-state index in [1.54, 1.807) is 0 Å². The summed E-state index contributed by atoms with van der Waals surface area (Å²) >= 11 is 0. The molecule has 0 saturated heterocycles. The number of anilines is 2. The molecule has 1 aliphatic heterocycles. The predicted molar refractivity (Wildman–Crippen MR) is 160 cm³/mol. The number of nitrogens with zero attached hydrogens (tertiary/aromatic N) is 3. The van der Waals surface area contributed by atoms with Gasteiger partial charge in [0.05, 0.1) is 11.7 Å². The minimum Gasteiger partial charge on any atom is -0.446 e. The molecule has 14 nitrogen and oxygen atoms in total. The summed E-state index contributed by atoms with van der Waals surface area (Å²) in [6.45, 7) is 5.57. The number of benzene rings is 1. The van der Waals surface area contributed by atoms with E-state index in [2.05, 4.69) is 41.5 Å². The Hall–Kier alpha value is -4.85. The minimum atomic E-state index is -1.34. The van der Waals surface area contributed by atoms with Gasteiger partial charge in [-0.25, -0.2) is 15.0 Å². The standard InChI is InChI=1S/C30H38N8O6/c1-17(2)13-22-29-37-23(16-44-29)26(41)31-12-8-7-11-21(27(42)38-24(18(3)39)28(43)36-22)35-25(40)19-14-32-30(33-15-19)34-20-9-5-4-6-10-20/h4-6,9-10,14-18,21-22,24,39H,7-8,11-13H2,1-3H3,(H,31,41)(H,35,40)(H,36,43)(H,38,42)(H,32,33,34)/t18-,21+,22+,24+/m1/s1. The van der Waals surface area contributed by atoms with E-state index in [1.165, 1.54) is 25.6 Å². The van der Waals surface area contributed by atoms with Crippen molar-refractivity contribution in [1.29, 1.82) is 0 Å². The number of aliphatic hydroxyl groups excluding tert-OH is 1. The van der Waals surface area contributed by atoms with Crippen molar-refractivity contribution in [3.63, 3.8) is 0 Å². The van der Waals surface area contributed by atoms with Crippen molar-refractivity contribution < 1.29 is 28.7 Å². The molecule has 4 atom stereocenters. The summed E-state index contributed by atoms with van der Waals surface area (Å²) in [6, 6.07) is 6.18. The maximum absolute atomic E-state index is 13.4. The quantitative estimate of drug-likeness (QED) is 0.231. The molecule has 0 fully saturated rings. The summed E-state index contributed by atoms with van der Waals surface area (Å²) in [4.78, 5) is 65.2. The third-order valence-electron chi connectivity index (χ3n) is 6.91. The van der Waals surface area contributed by atoms with Crippen LogP contribution >= 0.6 is 0 Å². The van der Waals surface area contributed by atoms with Crippen LogP contribution in [0.25, 0.3) is 0 Å². The first kappa shape index (κ1) is 32.1. The van der Waals surface area contributed by atoms with Crippen LogP contribution in [0.15, 0.2) is 53.4 Å². The second kappa shape index (κ2) is 15.0. The summed E-state index contributed by atoms with van der Waals surface area (Å²) in [5, 5.41) is 24.3. The lowest BCUT2D eigenvalue weighted by molar-refractivity contribution is -0.133. The molecule has 14 heteroatoms. The molecule has 0 radical (unpaired) electrons. The Labute approximate surface area is 254 Å². The highest BCUT2D eigenvalue weighted by Gasteiger charge is 2.33. The third-order valence-corrected chi connectivity index (χ3v) is 6.91. The average molecular weight is 607 g/mol. The molecule has 1 aliphatic rings. The Balaban J connectivity index is 1.51. The van der Waals surface area contributed by atoms with Crippen LogP contribution in [0.4, 0.5) is 11.6 Å². The molecular weight excluding hydrogens is 568 g/mol. The van der Waals surface area contributed by atoms with E-state index in [9.17, 15) is 24.3 Å². The number of hydrogen-bond acceptors (Lipinski definition) is 10. The summed E-state index contributed by atoms with van der Waals surface area (Å²) in [5.74, 6) is -1.81. The van der Waals surface area contributed by atoms with Crippen LogP contribution in [-0.4, -0.2) is 68.4 Å². The van der Waals surface area contributed by atoms with Gasteiger partial charge in [0.1, 0.15) is 24.4 Å². The van der Waals surface area contributed by atoms with Gasteiger partial charge < -0.3 is 36.1 Å². The molecule has 2 bridgehead atoms. The Kier molecular flexibility index (Phi) is 11.0. The third kappa shape index (κ3) is 8.83. The number of nitrogens with one attached hydrogen (secondary N) is 5. The van der Waals surface area contributed by atoms with Crippen LogP contribution in [0.3, 0.4) is 0 Å². The van der Waals surface area contributed by atoms with Crippen LogP contribution in [-0.2, 0) is 9.59 Å². The molecule has 0 aliphatic carbocycles. The zero-order valence-electron chi connectivity index (χ0n) is 24.9. The molecule has 1 aromatic carbocycles. The normalized spacial score (nSPS) is 20.7. The largest absolute Gasteiger partial charge is 0.446 e. The van der Waals surface area contributed by atoms with Gasteiger partial charge in [0, 0.05) is 24.6 Å². The number of rotatable bonds is 7. The highest BCUT2D eigenvalue weighted by Crippen LogP contribution is 2.22. The molecule has 3 heterocycles. The lowest BCUT2D eigenvalue weighted by Crippen LogP contribution is -2.57. The summed E-state index contributed by atoms with van der Waals surface area (Å²) in [5.41, 5.74) is 0.982. The number of para-hydroxylation sites is 1. The van der Waals surface area contributed by atoms with Crippen molar-refractivity contribution in [2.45, 2.75) is 70.7 Å². The zero-order chi connectivity index (χ0) is 31.6. The van der Waals surface area contributed by atoms with Crippen molar-refractivity contribution in [2.75, 3.05) is 11.9 Å². The van der Waals surface area contributed by atoms with E-state index in [0.717, 1.165) is 5.69 Å². The van der Waals surface area contributed by atoms with Crippen molar-refractivity contribution in [1.82, 2.24) is 36.2 Å². The van der Waals surface area contributed by atoms with Crippen molar-refractivity contribution in [3.8, 4) is 0 Å². The highest BCUT2D eigenvalue weighted by atomic mass is 16.3. The first-order valence-corrected chi connectivity index (χ1v) is 14.6. The maximum atomic E-state index is 13.4. The van der Waals surface area contributed by atoms with Crippen LogP contribution < -0.4 is 26.6 Å². The molecule has 0 saturated carbocycles. The van der Waals surface area contributed by atoms with E-state index >= 15 is 0 Å². The van der Waals surface area contributed by atoms with Crippen molar-refractivity contribution in [3.05, 3.63) is 66.1 Å². The molecule has 44 heavy (non-hydrogen) atoms. The molecule has 0 spiro atoms. The topological polar surface area (TPSA) is 200 Å². The fourth-order valence-corrected chi connectivity index (χ4v) is 4.60. The van der Waals surface area contributed by atoms with Gasteiger partial charge in [-0.1, -0.05) is 32.0 Å². The fourth-order valence-electron chi connectivity index (χ4n) is 4.60. The number of aliphatic hydroxyl groups is 1. The van der Waals surface area contributed by atoms with E-state index < -0.39 is 47.9 Å². The fraction of sp³-hybridized carbons (Fsp3) is 0.433. The SMILES string of the molecule is CC(C)C[C@@H]1NC(=O)[C@H]([C@@H](C)O)NC(=O)[C@@H](NC(=O)c2cnc(Nc3ccccc3)nc2)CCCCNC(=O)c2coc1n2. The predicted octanol–water partition coefficient (Wildman–Crippen LogP) is 1.99. The summed E-state index contributed by atoms with van der Waals surface area (Å²) < 4.78 is 5.53. The molecule has 4 amide bonds. The van der Waals surface area contributed by atoms with Gasteiger partial charge in [-0.2, -0.15) is 0 Å². The summed E-state index contributed by atoms with van der Waals surface area (Å²) in [7, 11) is 0. The number of fused-ring (bicyclic) bond motifs is 2. The molecule has 6 N–H and O–H groups in total. The molecule has 3 aromatic rings. The lowest BCUT2D eigenvalue weighted by Gasteiger charge is -2.27. The average Bonchev–Trinajstić information content (AvgIpc) is 3.49. The first-order valence-electron chi connectivity index (χ1n) is 14.6. The van der Waals surface area contributed by atoms with Crippen LogP contribution in [0.2, 0.25) is 0 Å². The lowest BCUT2D eigenvalue weighted by atomic mass is 10.0. The van der Waals surface area contributed by atoms with Crippen LogP contribution in [0.1, 0.15) is 79.2 Å². The Morgan fingerprint density at radius 2 is 1.77 bits per heavy atom. The number of aromatic nitrogens is 3. The maximum Gasteiger partial charge on any atom is 0.273 e. The molecular formula is C30H38N8O6. The molecule has 4 rings (SSSR count). The molecule has 2 aromatic heterocycles. The second-order valence-corrected chi connectivity index (χ2v) is 11.1.